The molecule has 1 aliphatic heterocycles. The molecule has 1 aromatic rings. The van der Waals surface area contributed by atoms with E-state index in [1.165, 1.54) is 4.90 Å². The summed E-state index contributed by atoms with van der Waals surface area (Å²) in [6.07, 6.45) is -1.84. The van der Waals surface area contributed by atoms with Crippen LogP contribution < -0.4 is 5.32 Å². The van der Waals surface area contributed by atoms with Crippen LogP contribution in [0.3, 0.4) is 0 Å². The predicted octanol–water partition coefficient (Wildman–Crippen LogP) is 3.51. The van der Waals surface area contributed by atoms with Gasteiger partial charge in [0.15, 0.2) is 0 Å². The molecule has 1 fully saturated rings. The van der Waals surface area contributed by atoms with Crippen molar-refractivity contribution in [1.82, 2.24) is 10.2 Å². The molecule has 1 aromatic carbocycles. The van der Waals surface area contributed by atoms with Gasteiger partial charge >= 0.3 is 12.2 Å². The van der Waals surface area contributed by atoms with Crippen molar-refractivity contribution >= 4 is 12.2 Å². The fraction of sp³-hybridized carbons (Fsp3) is 0.579. The minimum Gasteiger partial charge on any atom is -0.445 e. The molecule has 1 aliphatic rings. The van der Waals surface area contributed by atoms with E-state index < -0.39 is 24.0 Å². The normalized spacial score (nSPS) is 20.4. The number of hydrogen-bond donors (Lipinski definition) is 1. The second-order valence-electron chi connectivity index (χ2n) is 7.43. The SMILES string of the molecule is CC(C)(C)OC(=O)N1CC[C@H](CNC(=O)OCc2ccccc2)[C@@H](F)C1. The van der Waals surface area contributed by atoms with Crippen molar-refractivity contribution in [3.8, 4) is 0 Å². The van der Waals surface area contributed by atoms with Gasteiger partial charge in [-0.2, -0.15) is 0 Å². The number of benzene rings is 1. The summed E-state index contributed by atoms with van der Waals surface area (Å²) >= 11 is 0. The van der Waals surface area contributed by atoms with Crippen LogP contribution in [0.4, 0.5) is 14.0 Å². The van der Waals surface area contributed by atoms with Crippen molar-refractivity contribution in [2.45, 2.75) is 45.6 Å². The zero-order chi connectivity index (χ0) is 19.2. The Labute approximate surface area is 153 Å². The smallest absolute Gasteiger partial charge is 0.410 e. The van der Waals surface area contributed by atoms with Crippen LogP contribution in [-0.2, 0) is 16.1 Å². The molecule has 6 nitrogen and oxygen atoms in total. The van der Waals surface area contributed by atoms with E-state index in [0.717, 1.165) is 5.56 Å². The predicted molar refractivity (Wildman–Crippen MR) is 95.4 cm³/mol. The minimum atomic E-state index is -1.22. The van der Waals surface area contributed by atoms with E-state index in [1.54, 1.807) is 20.8 Å². The number of carbonyl (C=O) groups excluding carboxylic acids is 2. The van der Waals surface area contributed by atoms with Crippen LogP contribution >= 0.6 is 0 Å². The number of ether oxygens (including phenoxy) is 2. The van der Waals surface area contributed by atoms with Gasteiger partial charge in [-0.3, -0.25) is 0 Å². The average Bonchev–Trinajstić information content (AvgIpc) is 2.58. The van der Waals surface area contributed by atoms with Gasteiger partial charge in [-0.25, -0.2) is 14.0 Å². The van der Waals surface area contributed by atoms with Crippen molar-refractivity contribution < 1.29 is 23.5 Å². The highest BCUT2D eigenvalue weighted by atomic mass is 19.1. The van der Waals surface area contributed by atoms with E-state index in [-0.39, 0.29) is 25.6 Å². The van der Waals surface area contributed by atoms with Crippen molar-refractivity contribution in [3.63, 3.8) is 0 Å². The number of nitrogens with one attached hydrogen (secondary N) is 1. The lowest BCUT2D eigenvalue weighted by Gasteiger charge is -2.35. The van der Waals surface area contributed by atoms with E-state index in [1.807, 2.05) is 30.3 Å². The summed E-state index contributed by atoms with van der Waals surface area (Å²) in [5, 5.41) is 2.60. The van der Waals surface area contributed by atoms with Gasteiger partial charge in [0.25, 0.3) is 0 Å². The number of hydrogen-bond acceptors (Lipinski definition) is 4. The van der Waals surface area contributed by atoms with Gasteiger partial charge in [0, 0.05) is 19.0 Å². The highest BCUT2D eigenvalue weighted by molar-refractivity contribution is 5.68. The summed E-state index contributed by atoms with van der Waals surface area (Å²) < 4.78 is 24.7. The first-order valence-corrected chi connectivity index (χ1v) is 8.81. The molecular formula is C19H27FN2O4. The molecule has 2 amide bonds. The van der Waals surface area contributed by atoms with Gasteiger partial charge in [0.2, 0.25) is 0 Å². The minimum absolute atomic E-state index is 0.0275. The Kier molecular flexibility index (Phi) is 6.83. The summed E-state index contributed by atoms with van der Waals surface area (Å²) in [6.45, 7) is 6.04. The molecule has 0 saturated carbocycles. The fourth-order valence-electron chi connectivity index (χ4n) is 2.66. The molecule has 7 heteroatoms. The van der Waals surface area contributed by atoms with E-state index in [2.05, 4.69) is 5.32 Å². The van der Waals surface area contributed by atoms with Gasteiger partial charge in [0.1, 0.15) is 18.4 Å². The Morgan fingerprint density at radius 1 is 1.27 bits per heavy atom. The summed E-state index contributed by atoms with van der Waals surface area (Å²) in [7, 11) is 0. The van der Waals surface area contributed by atoms with Crippen molar-refractivity contribution in [3.05, 3.63) is 35.9 Å². The topological polar surface area (TPSA) is 67.9 Å². The summed E-state index contributed by atoms with van der Waals surface area (Å²) in [5.41, 5.74) is 0.278. The molecule has 0 unspecified atom stereocenters. The molecule has 26 heavy (non-hydrogen) atoms. The average molecular weight is 366 g/mol. The summed E-state index contributed by atoms with van der Waals surface area (Å²) in [5.74, 6) is -0.349. The third-order valence-corrected chi connectivity index (χ3v) is 4.05. The maximum absolute atomic E-state index is 14.4. The Balaban J connectivity index is 1.71. The molecule has 144 valence electrons. The molecule has 1 N–H and O–H groups in total. The van der Waals surface area contributed by atoms with E-state index >= 15 is 0 Å². The Hall–Kier alpha value is -2.31. The van der Waals surface area contributed by atoms with E-state index in [9.17, 15) is 14.0 Å². The molecule has 2 rings (SSSR count). The molecule has 0 bridgehead atoms. The summed E-state index contributed by atoms with van der Waals surface area (Å²) in [6, 6.07) is 9.33. The number of alkyl carbamates (subject to hydrolysis) is 1. The van der Waals surface area contributed by atoms with Crippen LogP contribution in [0.2, 0.25) is 0 Å². The second-order valence-corrected chi connectivity index (χ2v) is 7.43. The largest absolute Gasteiger partial charge is 0.445 e. The zero-order valence-corrected chi connectivity index (χ0v) is 15.5. The highest BCUT2D eigenvalue weighted by Gasteiger charge is 2.33. The van der Waals surface area contributed by atoms with Gasteiger partial charge < -0.3 is 19.7 Å². The quantitative estimate of drug-likeness (QED) is 0.885. The van der Waals surface area contributed by atoms with E-state index in [4.69, 9.17) is 9.47 Å². The molecule has 2 atom stereocenters. The third kappa shape index (κ3) is 6.54. The number of nitrogens with zero attached hydrogens (tertiary/aromatic N) is 1. The maximum Gasteiger partial charge on any atom is 0.410 e. The van der Waals surface area contributed by atoms with Crippen molar-refractivity contribution in [2.75, 3.05) is 19.6 Å². The molecule has 0 radical (unpaired) electrons. The Morgan fingerprint density at radius 2 is 1.96 bits per heavy atom. The van der Waals surface area contributed by atoms with Gasteiger partial charge in [-0.1, -0.05) is 30.3 Å². The van der Waals surface area contributed by atoms with Crippen LogP contribution in [-0.4, -0.2) is 48.5 Å². The molecule has 0 aromatic heterocycles. The van der Waals surface area contributed by atoms with Gasteiger partial charge in [0.05, 0.1) is 6.54 Å². The number of piperidine rings is 1. The van der Waals surface area contributed by atoms with Crippen molar-refractivity contribution in [2.24, 2.45) is 5.92 Å². The zero-order valence-electron chi connectivity index (χ0n) is 15.5. The van der Waals surface area contributed by atoms with Crippen LogP contribution in [0.25, 0.3) is 0 Å². The Bertz CT molecular complexity index is 603. The number of likely N-dealkylation sites (tertiary alicyclic amines) is 1. The molecular weight excluding hydrogens is 339 g/mol. The van der Waals surface area contributed by atoms with Crippen LogP contribution in [0, 0.1) is 5.92 Å². The first-order chi connectivity index (χ1) is 12.2. The Morgan fingerprint density at radius 3 is 2.58 bits per heavy atom. The number of alkyl halides is 1. The monoisotopic (exact) mass is 366 g/mol. The first kappa shape index (κ1) is 20.0. The summed E-state index contributed by atoms with van der Waals surface area (Å²) in [4.78, 5) is 25.1. The lowest BCUT2D eigenvalue weighted by atomic mass is 9.95. The third-order valence-electron chi connectivity index (χ3n) is 4.05. The number of amides is 2. The van der Waals surface area contributed by atoms with Crippen molar-refractivity contribution in [1.29, 1.82) is 0 Å². The maximum atomic E-state index is 14.4. The standard InChI is InChI=1S/C19H27FN2O4/c1-19(2,3)26-18(24)22-10-9-15(16(20)12-22)11-21-17(23)25-13-14-7-5-4-6-8-14/h4-8,15-16H,9-13H2,1-3H3,(H,21,23)/t15-,16+/m1/s1. The molecule has 1 heterocycles. The number of carbonyl (C=O) groups is 2. The number of halogens is 1. The first-order valence-electron chi connectivity index (χ1n) is 8.81. The highest BCUT2D eigenvalue weighted by Crippen LogP contribution is 2.22. The second kappa shape index (κ2) is 8.87. The van der Waals surface area contributed by atoms with Crippen LogP contribution in [0.1, 0.15) is 32.8 Å². The lowest BCUT2D eigenvalue weighted by Crippen LogP contribution is -2.49. The van der Waals surface area contributed by atoms with Gasteiger partial charge in [-0.15, -0.1) is 0 Å². The van der Waals surface area contributed by atoms with E-state index in [0.29, 0.717) is 13.0 Å². The van der Waals surface area contributed by atoms with Crippen LogP contribution in [0.15, 0.2) is 30.3 Å². The fourth-order valence-corrected chi connectivity index (χ4v) is 2.66. The molecule has 1 saturated heterocycles. The number of rotatable bonds is 4. The molecule has 0 aliphatic carbocycles. The lowest BCUT2D eigenvalue weighted by molar-refractivity contribution is 0.00539. The van der Waals surface area contributed by atoms with Crippen LogP contribution in [0.5, 0.6) is 0 Å². The van der Waals surface area contributed by atoms with Gasteiger partial charge in [-0.05, 0) is 32.8 Å². The molecule has 0 spiro atoms.